The molecule has 0 aliphatic heterocycles. The maximum absolute atomic E-state index is 11.7. The topological polar surface area (TPSA) is 131 Å². The predicted octanol–water partition coefficient (Wildman–Crippen LogP) is 1.54. The zero-order chi connectivity index (χ0) is 19.2. The van der Waals surface area contributed by atoms with E-state index in [0.717, 1.165) is 5.56 Å². The Morgan fingerprint density at radius 2 is 1.73 bits per heavy atom. The molecule has 0 atom stereocenters. The van der Waals surface area contributed by atoms with E-state index in [-0.39, 0.29) is 10.6 Å². The second-order valence-electron chi connectivity index (χ2n) is 5.72. The van der Waals surface area contributed by atoms with Crippen LogP contribution in [0.1, 0.15) is 18.9 Å². The van der Waals surface area contributed by atoms with Crippen LogP contribution < -0.4 is 15.2 Å². The lowest BCUT2D eigenvalue weighted by Gasteiger charge is -2.09. The fraction of sp³-hybridized carbons (Fsp3) is 0.312. The van der Waals surface area contributed by atoms with Gasteiger partial charge in [0, 0.05) is 6.54 Å². The molecule has 26 heavy (non-hydrogen) atoms. The summed E-state index contributed by atoms with van der Waals surface area (Å²) >= 11 is 0. The summed E-state index contributed by atoms with van der Waals surface area (Å²) in [6.07, 6.45) is 2.66. The van der Waals surface area contributed by atoms with E-state index >= 15 is 0 Å². The first kappa shape index (κ1) is 20.1. The molecule has 0 amide bonds. The van der Waals surface area contributed by atoms with Gasteiger partial charge in [0.25, 0.3) is 0 Å². The summed E-state index contributed by atoms with van der Waals surface area (Å²) in [5.74, 6) is 0.682. The molecule has 0 bridgehead atoms. The number of nitrogens with one attached hydrogen (secondary N) is 2. The number of hydrogen-bond acceptors (Lipinski definition) is 6. The van der Waals surface area contributed by atoms with Gasteiger partial charge in [-0.3, -0.25) is 4.72 Å². The summed E-state index contributed by atoms with van der Waals surface area (Å²) in [5.41, 5.74) is 1.37. The number of benzene rings is 1. The normalized spacial score (nSPS) is 11.9. The van der Waals surface area contributed by atoms with E-state index in [2.05, 4.69) is 15.0 Å². The largest absolute Gasteiger partial charge is 0.370 e. The SMILES string of the molecule is CCCS(=O)(=O)Nc1ccc(NCCc2ccc(S(N)(=O)=O)cc2)nc1. The smallest absolute Gasteiger partial charge is 0.238 e. The highest BCUT2D eigenvalue weighted by atomic mass is 32.2. The minimum Gasteiger partial charge on any atom is -0.370 e. The molecule has 0 spiro atoms. The van der Waals surface area contributed by atoms with E-state index in [1.165, 1.54) is 18.3 Å². The minimum absolute atomic E-state index is 0.0667. The van der Waals surface area contributed by atoms with Crippen LogP contribution in [0, 0.1) is 0 Å². The van der Waals surface area contributed by atoms with Crippen molar-refractivity contribution in [1.82, 2.24) is 4.98 Å². The van der Waals surface area contributed by atoms with Gasteiger partial charge in [0.1, 0.15) is 5.82 Å². The van der Waals surface area contributed by atoms with Crippen molar-refractivity contribution in [3.63, 3.8) is 0 Å². The van der Waals surface area contributed by atoms with Crippen LogP contribution in [-0.4, -0.2) is 34.1 Å². The van der Waals surface area contributed by atoms with Crippen molar-refractivity contribution in [2.45, 2.75) is 24.7 Å². The molecule has 0 saturated carbocycles. The van der Waals surface area contributed by atoms with Gasteiger partial charge in [-0.2, -0.15) is 0 Å². The van der Waals surface area contributed by atoms with Gasteiger partial charge in [0.2, 0.25) is 20.0 Å². The maximum atomic E-state index is 11.7. The molecule has 0 fully saturated rings. The number of hydrogen-bond donors (Lipinski definition) is 3. The number of nitrogens with two attached hydrogens (primary N) is 1. The summed E-state index contributed by atoms with van der Waals surface area (Å²) in [6, 6.07) is 9.69. The van der Waals surface area contributed by atoms with Crippen LogP contribution >= 0.6 is 0 Å². The number of pyridine rings is 1. The molecule has 2 aromatic rings. The van der Waals surface area contributed by atoms with E-state index in [1.54, 1.807) is 31.2 Å². The summed E-state index contributed by atoms with van der Waals surface area (Å²) < 4.78 is 48.3. The summed E-state index contributed by atoms with van der Waals surface area (Å²) in [4.78, 5) is 4.25. The lowest BCUT2D eigenvalue weighted by molar-refractivity contribution is 0.596. The zero-order valence-electron chi connectivity index (χ0n) is 14.3. The van der Waals surface area contributed by atoms with E-state index in [0.29, 0.717) is 30.9 Å². The predicted molar refractivity (Wildman–Crippen MR) is 102 cm³/mol. The first-order chi connectivity index (χ1) is 12.2. The number of anilines is 2. The van der Waals surface area contributed by atoms with E-state index in [9.17, 15) is 16.8 Å². The van der Waals surface area contributed by atoms with Crippen molar-refractivity contribution in [2.75, 3.05) is 22.3 Å². The van der Waals surface area contributed by atoms with Crippen LogP contribution in [0.3, 0.4) is 0 Å². The molecule has 0 radical (unpaired) electrons. The molecule has 8 nitrogen and oxygen atoms in total. The molecule has 142 valence electrons. The standard InChI is InChI=1S/C16H22N4O4S2/c1-2-11-25(21,22)20-14-5-8-16(19-12-14)18-10-9-13-3-6-15(7-4-13)26(17,23)24/h3-8,12,20H,2,9-11H2,1H3,(H,18,19)(H2,17,23,24). The van der Waals surface area contributed by atoms with Gasteiger partial charge in [-0.15, -0.1) is 0 Å². The van der Waals surface area contributed by atoms with Crippen LogP contribution in [-0.2, 0) is 26.5 Å². The van der Waals surface area contributed by atoms with Crippen LogP contribution in [0.4, 0.5) is 11.5 Å². The third-order valence-corrected chi connectivity index (χ3v) is 5.90. The van der Waals surface area contributed by atoms with Gasteiger partial charge in [-0.1, -0.05) is 19.1 Å². The van der Waals surface area contributed by atoms with Crippen LogP contribution in [0.5, 0.6) is 0 Å². The van der Waals surface area contributed by atoms with Gasteiger partial charge in [0.15, 0.2) is 0 Å². The molecule has 2 rings (SSSR count). The Morgan fingerprint density at radius 1 is 1.04 bits per heavy atom. The highest BCUT2D eigenvalue weighted by Crippen LogP contribution is 2.13. The summed E-state index contributed by atoms with van der Waals surface area (Å²) in [7, 11) is -7.01. The van der Waals surface area contributed by atoms with E-state index in [1.807, 2.05) is 0 Å². The van der Waals surface area contributed by atoms with Crippen molar-refractivity contribution in [3.8, 4) is 0 Å². The summed E-state index contributed by atoms with van der Waals surface area (Å²) in [5, 5.41) is 8.18. The number of sulfonamides is 2. The Hall–Kier alpha value is -2.17. The molecule has 0 saturated heterocycles. The molecular weight excluding hydrogens is 376 g/mol. The molecule has 1 aromatic heterocycles. The fourth-order valence-corrected chi connectivity index (χ4v) is 3.87. The Kier molecular flexibility index (Phi) is 6.57. The van der Waals surface area contributed by atoms with Crippen molar-refractivity contribution < 1.29 is 16.8 Å². The molecule has 0 unspecified atom stereocenters. The lowest BCUT2D eigenvalue weighted by Crippen LogP contribution is -2.16. The highest BCUT2D eigenvalue weighted by Gasteiger charge is 2.09. The molecule has 0 aliphatic carbocycles. The third-order valence-electron chi connectivity index (χ3n) is 3.48. The van der Waals surface area contributed by atoms with Gasteiger partial charge >= 0.3 is 0 Å². The number of nitrogens with zero attached hydrogens (tertiary/aromatic N) is 1. The fourth-order valence-electron chi connectivity index (χ4n) is 2.24. The van der Waals surface area contributed by atoms with E-state index in [4.69, 9.17) is 5.14 Å². The Labute approximate surface area is 153 Å². The monoisotopic (exact) mass is 398 g/mol. The quantitative estimate of drug-likeness (QED) is 0.587. The molecule has 4 N–H and O–H groups in total. The number of primary sulfonamides is 1. The highest BCUT2D eigenvalue weighted by molar-refractivity contribution is 7.92. The summed E-state index contributed by atoms with van der Waals surface area (Å²) in [6.45, 7) is 2.38. The Morgan fingerprint density at radius 3 is 2.27 bits per heavy atom. The van der Waals surface area contributed by atoms with Crippen molar-refractivity contribution in [2.24, 2.45) is 5.14 Å². The van der Waals surface area contributed by atoms with Gasteiger partial charge in [-0.05, 0) is 42.7 Å². The maximum Gasteiger partial charge on any atom is 0.238 e. The van der Waals surface area contributed by atoms with Crippen LogP contribution in [0.2, 0.25) is 0 Å². The van der Waals surface area contributed by atoms with Crippen LogP contribution in [0.25, 0.3) is 0 Å². The van der Waals surface area contributed by atoms with Gasteiger partial charge in [0.05, 0.1) is 22.5 Å². The lowest BCUT2D eigenvalue weighted by atomic mass is 10.1. The number of rotatable bonds is 9. The first-order valence-corrected chi connectivity index (χ1v) is 11.2. The molecular formula is C16H22N4O4S2. The third kappa shape index (κ3) is 6.28. The van der Waals surface area contributed by atoms with Crippen molar-refractivity contribution in [3.05, 3.63) is 48.2 Å². The molecule has 0 aliphatic rings. The Balaban J connectivity index is 1.86. The minimum atomic E-state index is -3.68. The second kappa shape index (κ2) is 8.47. The molecule has 10 heteroatoms. The van der Waals surface area contributed by atoms with E-state index < -0.39 is 20.0 Å². The van der Waals surface area contributed by atoms with Gasteiger partial charge in [-0.25, -0.2) is 27.0 Å². The molecule has 1 heterocycles. The van der Waals surface area contributed by atoms with Crippen molar-refractivity contribution in [1.29, 1.82) is 0 Å². The number of aromatic nitrogens is 1. The second-order valence-corrected chi connectivity index (χ2v) is 9.12. The van der Waals surface area contributed by atoms with Crippen molar-refractivity contribution >= 4 is 31.6 Å². The average molecular weight is 399 g/mol. The Bertz CT molecular complexity index is 925. The van der Waals surface area contributed by atoms with Crippen LogP contribution in [0.15, 0.2) is 47.5 Å². The average Bonchev–Trinajstić information content (AvgIpc) is 2.56. The molecule has 1 aromatic carbocycles. The van der Waals surface area contributed by atoms with Gasteiger partial charge < -0.3 is 5.32 Å². The zero-order valence-corrected chi connectivity index (χ0v) is 16.0. The first-order valence-electron chi connectivity index (χ1n) is 8.02.